The van der Waals surface area contributed by atoms with E-state index in [0.717, 1.165) is 68.6 Å². The third kappa shape index (κ3) is 5.99. The van der Waals surface area contributed by atoms with Crippen molar-refractivity contribution in [1.82, 2.24) is 0 Å². The molecule has 0 radical (unpaired) electrons. The first-order valence-electron chi connectivity index (χ1n) is 27.5. The molecular formula is C60H98O4. The molecule has 0 aromatic carbocycles. The summed E-state index contributed by atoms with van der Waals surface area (Å²) in [6.45, 7) is 41.1. The third-order valence-corrected chi connectivity index (χ3v) is 26.9. The lowest BCUT2D eigenvalue weighted by atomic mass is 9.32. The number of carboxylic acids is 1. The molecule has 0 aromatic heterocycles. The molecule has 362 valence electrons. The fraction of sp³-hybridized carbons (Fsp3) is 0.917. The van der Waals surface area contributed by atoms with Gasteiger partial charge in [-0.05, 0) is 250 Å². The van der Waals surface area contributed by atoms with Crippen molar-refractivity contribution in [3.05, 3.63) is 24.3 Å². The summed E-state index contributed by atoms with van der Waals surface area (Å²) in [4.78, 5) is 12.8. The molecule has 0 saturated heterocycles. The van der Waals surface area contributed by atoms with Crippen molar-refractivity contribution in [3.8, 4) is 0 Å². The van der Waals surface area contributed by atoms with Crippen LogP contribution in [0.2, 0.25) is 0 Å². The van der Waals surface area contributed by atoms with Gasteiger partial charge in [0.2, 0.25) is 0 Å². The van der Waals surface area contributed by atoms with Crippen LogP contribution in [0.1, 0.15) is 218 Å². The highest BCUT2D eigenvalue weighted by Crippen LogP contribution is 2.79. The molecule has 0 aromatic rings. The average Bonchev–Trinajstić information content (AvgIpc) is 3.79. The van der Waals surface area contributed by atoms with Crippen LogP contribution in [-0.4, -0.2) is 33.5 Å². The molecule has 0 amide bonds. The van der Waals surface area contributed by atoms with Gasteiger partial charge in [0, 0.05) is 0 Å². The molecule has 0 aliphatic heterocycles. The zero-order chi connectivity index (χ0) is 46.8. The van der Waals surface area contributed by atoms with Crippen LogP contribution < -0.4 is 0 Å². The smallest absolute Gasteiger partial charge is 0.309 e. The van der Waals surface area contributed by atoms with E-state index in [-0.39, 0.29) is 45.2 Å². The van der Waals surface area contributed by atoms with Crippen LogP contribution in [-0.2, 0) is 4.79 Å². The lowest BCUT2D eigenvalue weighted by Crippen LogP contribution is -2.67. The summed E-state index contributed by atoms with van der Waals surface area (Å²) in [5.41, 5.74) is 4.74. The summed E-state index contributed by atoms with van der Waals surface area (Å²) < 4.78 is 0. The second kappa shape index (κ2) is 14.9. The van der Waals surface area contributed by atoms with Crippen molar-refractivity contribution in [2.45, 2.75) is 231 Å². The Bertz CT molecular complexity index is 1900. The van der Waals surface area contributed by atoms with Crippen molar-refractivity contribution in [2.24, 2.45) is 113 Å². The van der Waals surface area contributed by atoms with E-state index in [1.165, 1.54) is 94.6 Å². The second-order valence-corrected chi connectivity index (χ2v) is 29.2. The first-order valence-corrected chi connectivity index (χ1v) is 27.5. The maximum Gasteiger partial charge on any atom is 0.309 e. The maximum absolute atomic E-state index is 12.8. The maximum atomic E-state index is 12.8. The molecule has 4 nitrogen and oxygen atoms in total. The largest absolute Gasteiger partial charge is 0.481 e. The summed E-state index contributed by atoms with van der Waals surface area (Å²) in [6, 6.07) is 0. The lowest BCUT2D eigenvalue weighted by Gasteiger charge is -2.73. The number of aliphatic hydroxyl groups excluding tert-OH is 2. The van der Waals surface area contributed by atoms with Crippen LogP contribution in [0.25, 0.3) is 0 Å². The number of carbonyl (C=O) groups is 1. The van der Waals surface area contributed by atoms with E-state index >= 15 is 0 Å². The summed E-state index contributed by atoms with van der Waals surface area (Å²) in [5.74, 6) is 5.77. The summed E-state index contributed by atoms with van der Waals surface area (Å²) in [5, 5.41) is 32.3. The van der Waals surface area contributed by atoms with Gasteiger partial charge >= 0.3 is 5.97 Å². The van der Waals surface area contributed by atoms with Crippen LogP contribution >= 0.6 is 0 Å². The molecule has 20 atom stereocenters. The van der Waals surface area contributed by atoms with Crippen molar-refractivity contribution in [2.75, 3.05) is 0 Å². The van der Waals surface area contributed by atoms with Gasteiger partial charge < -0.3 is 15.3 Å². The summed E-state index contributed by atoms with van der Waals surface area (Å²) >= 11 is 0. The number of allylic oxidation sites excluding steroid dienone is 2. The van der Waals surface area contributed by atoms with Crippen molar-refractivity contribution < 1.29 is 20.1 Å². The quantitative estimate of drug-likeness (QED) is 0.247. The highest BCUT2D eigenvalue weighted by atomic mass is 16.4. The molecule has 0 spiro atoms. The third-order valence-electron chi connectivity index (χ3n) is 26.9. The lowest BCUT2D eigenvalue weighted by molar-refractivity contribution is -0.248. The highest BCUT2D eigenvalue weighted by molar-refractivity contribution is 5.76. The van der Waals surface area contributed by atoms with E-state index in [2.05, 4.69) is 103 Å². The minimum Gasteiger partial charge on any atom is -0.481 e. The van der Waals surface area contributed by atoms with Crippen molar-refractivity contribution >= 4 is 5.97 Å². The van der Waals surface area contributed by atoms with Gasteiger partial charge in [-0.2, -0.15) is 0 Å². The van der Waals surface area contributed by atoms with Crippen LogP contribution in [0, 0.1) is 113 Å². The normalized spacial score (nSPS) is 56.4. The molecule has 10 aliphatic carbocycles. The monoisotopic (exact) mass is 883 g/mol. The van der Waals surface area contributed by atoms with Gasteiger partial charge in [0.25, 0.3) is 0 Å². The molecule has 0 bridgehead atoms. The second-order valence-electron chi connectivity index (χ2n) is 29.2. The van der Waals surface area contributed by atoms with E-state index in [4.69, 9.17) is 0 Å². The average molecular weight is 883 g/mol. The van der Waals surface area contributed by atoms with Crippen LogP contribution in [0.15, 0.2) is 24.3 Å². The molecule has 64 heavy (non-hydrogen) atoms. The summed E-state index contributed by atoms with van der Waals surface area (Å²) in [6.07, 6.45) is 23.8. The van der Waals surface area contributed by atoms with Gasteiger partial charge in [0.15, 0.2) is 0 Å². The fourth-order valence-corrected chi connectivity index (χ4v) is 23.0. The van der Waals surface area contributed by atoms with E-state index in [1.54, 1.807) is 0 Å². The zero-order valence-corrected chi connectivity index (χ0v) is 43.7. The Morgan fingerprint density at radius 1 is 0.438 bits per heavy atom. The number of fused-ring (bicyclic) bond motifs is 14. The Balaban J connectivity index is 0.000000162. The minimum absolute atomic E-state index is 0.0202. The molecule has 10 rings (SSSR count). The minimum atomic E-state index is -0.538. The first-order chi connectivity index (χ1) is 29.6. The molecule has 4 heteroatoms. The van der Waals surface area contributed by atoms with Gasteiger partial charge in [-0.15, -0.1) is 0 Å². The van der Waals surface area contributed by atoms with E-state index < -0.39 is 11.4 Å². The molecule has 0 heterocycles. The Hall–Kier alpha value is -1.13. The van der Waals surface area contributed by atoms with Gasteiger partial charge in [-0.25, -0.2) is 0 Å². The first kappa shape index (κ1) is 47.9. The Kier molecular flexibility index (Phi) is 11.2. The number of aliphatic carboxylic acids is 1. The number of aliphatic hydroxyl groups is 2. The van der Waals surface area contributed by atoms with E-state index in [0.29, 0.717) is 51.2 Å². The Morgan fingerprint density at radius 3 is 1.31 bits per heavy atom. The Morgan fingerprint density at radius 2 is 0.859 bits per heavy atom. The number of rotatable bonds is 3. The number of hydrogen-bond donors (Lipinski definition) is 3. The SMILES string of the molecule is C=C(C)[C@@H]1CC[C@]2(C(=O)O)CC[C@]3(C)C(CCC4[C@@]5(C)CC[C@H](O)C(C)(C)C5CC[C@]43C)C12.C=C(C)[C@@H]1CC[C@]2(C)CC[C@]3(C)C(CCC4[C@@]5(C)CC[C@H](O)C(C)(C)C5CC[C@]43C)C12. The van der Waals surface area contributed by atoms with Gasteiger partial charge in [0.1, 0.15) is 0 Å². The van der Waals surface area contributed by atoms with Crippen LogP contribution in [0.4, 0.5) is 0 Å². The van der Waals surface area contributed by atoms with E-state index in [9.17, 15) is 20.1 Å². The summed E-state index contributed by atoms with van der Waals surface area (Å²) in [7, 11) is 0. The van der Waals surface area contributed by atoms with Crippen molar-refractivity contribution in [3.63, 3.8) is 0 Å². The number of carboxylic acid groups (broad SMARTS) is 1. The fourth-order valence-electron chi connectivity index (χ4n) is 23.0. The predicted octanol–water partition coefficient (Wildman–Crippen LogP) is 15.1. The zero-order valence-electron chi connectivity index (χ0n) is 43.7. The molecule has 3 N–H and O–H groups in total. The van der Waals surface area contributed by atoms with Gasteiger partial charge in [0.05, 0.1) is 17.6 Å². The van der Waals surface area contributed by atoms with Crippen LogP contribution in [0.3, 0.4) is 0 Å². The standard InChI is InChI=1S/C30H48O3.C30H50O/c1-18(2)19-10-15-30(25(32)33)17-16-28(6)20(24(19)30)8-9-22-27(5)13-12-23(31)26(3,4)21(27)11-14-29(22,28)7;1-19(2)20-11-14-27(5)17-18-29(7)21(25(20)27)9-10-23-28(6)15-13-24(31)26(3,4)22(28)12-16-30(23,29)8/h19-24,31H,1,8-17H2,2-7H3,(H,32,33);20-25,31H,1,9-18H2,2-8H3/t19-,20?,21?,22?,23-,24?,27-,28+,29+,30-;20-,21?,22?,23?,24-,25?,27+,28-,29+,30+/m00/s1. The van der Waals surface area contributed by atoms with E-state index in [1.807, 2.05) is 0 Å². The van der Waals surface area contributed by atoms with Gasteiger partial charge in [-0.3, -0.25) is 4.79 Å². The molecule has 10 fully saturated rings. The molecule has 8 unspecified atom stereocenters. The number of hydrogen-bond acceptors (Lipinski definition) is 3. The molecule has 10 saturated carbocycles. The Labute approximate surface area is 392 Å². The highest BCUT2D eigenvalue weighted by Gasteiger charge is 2.73. The van der Waals surface area contributed by atoms with Crippen LogP contribution in [0.5, 0.6) is 0 Å². The van der Waals surface area contributed by atoms with Gasteiger partial charge in [-0.1, -0.05) is 100 Å². The van der Waals surface area contributed by atoms with Crippen molar-refractivity contribution in [1.29, 1.82) is 0 Å². The molecule has 10 aliphatic rings. The predicted molar refractivity (Wildman–Crippen MR) is 263 cm³/mol. The molecular weight excluding hydrogens is 785 g/mol. The topological polar surface area (TPSA) is 77.8 Å².